The summed E-state index contributed by atoms with van der Waals surface area (Å²) in [6.07, 6.45) is 0. The van der Waals surface area contributed by atoms with Crippen molar-refractivity contribution in [2.45, 2.75) is 13.5 Å². The summed E-state index contributed by atoms with van der Waals surface area (Å²) >= 11 is 5.81. The Bertz CT molecular complexity index is 537. The average molecular weight is 254 g/mol. The van der Waals surface area contributed by atoms with Gasteiger partial charge in [0, 0.05) is 12.1 Å². The lowest BCUT2D eigenvalue weighted by molar-refractivity contribution is 0.629. The second-order valence-corrected chi connectivity index (χ2v) is 4.31. The second kappa shape index (κ2) is 4.75. The molecule has 0 spiro atoms. The summed E-state index contributed by atoms with van der Waals surface area (Å²) < 4.78 is 15.2. The molecule has 0 aliphatic heterocycles. The van der Waals surface area contributed by atoms with Crippen LogP contribution in [0.1, 0.15) is 11.4 Å². The maximum atomic E-state index is 13.4. The Balaban J connectivity index is 2.12. The molecule has 0 bridgehead atoms. The number of hydrogen-bond acceptors (Lipinski definition) is 2. The third-order valence-electron chi connectivity index (χ3n) is 2.49. The topological polar surface area (TPSA) is 29.9 Å². The van der Waals surface area contributed by atoms with E-state index in [9.17, 15) is 4.39 Å². The molecular formula is C12H13ClFN3. The highest BCUT2D eigenvalue weighted by atomic mass is 35.5. The Kier molecular flexibility index (Phi) is 3.33. The summed E-state index contributed by atoms with van der Waals surface area (Å²) in [5.41, 5.74) is 2.33. The molecule has 1 heterocycles. The first-order valence-corrected chi connectivity index (χ1v) is 5.62. The monoisotopic (exact) mass is 253 g/mol. The van der Waals surface area contributed by atoms with Crippen molar-refractivity contribution >= 4 is 17.3 Å². The Hall–Kier alpha value is -1.55. The van der Waals surface area contributed by atoms with Crippen molar-refractivity contribution in [3.05, 3.63) is 46.5 Å². The molecule has 5 heteroatoms. The van der Waals surface area contributed by atoms with E-state index in [0.717, 1.165) is 11.4 Å². The largest absolute Gasteiger partial charge is 0.377 e. The van der Waals surface area contributed by atoms with Crippen molar-refractivity contribution < 1.29 is 4.39 Å². The van der Waals surface area contributed by atoms with Gasteiger partial charge in [-0.1, -0.05) is 11.6 Å². The lowest BCUT2D eigenvalue weighted by atomic mass is 10.3. The molecule has 3 nitrogen and oxygen atoms in total. The van der Waals surface area contributed by atoms with E-state index < -0.39 is 0 Å². The van der Waals surface area contributed by atoms with E-state index >= 15 is 0 Å². The van der Waals surface area contributed by atoms with Gasteiger partial charge in [-0.15, -0.1) is 0 Å². The Morgan fingerprint density at radius 1 is 1.41 bits per heavy atom. The van der Waals surface area contributed by atoms with E-state index in [2.05, 4.69) is 10.4 Å². The minimum absolute atomic E-state index is 0.312. The van der Waals surface area contributed by atoms with Crippen LogP contribution in [0.25, 0.3) is 0 Å². The van der Waals surface area contributed by atoms with Gasteiger partial charge in [0.15, 0.2) is 0 Å². The van der Waals surface area contributed by atoms with Crippen LogP contribution in [0.5, 0.6) is 0 Å². The van der Waals surface area contributed by atoms with Crippen molar-refractivity contribution in [2.24, 2.45) is 7.05 Å². The number of rotatable bonds is 3. The van der Waals surface area contributed by atoms with Crippen LogP contribution >= 0.6 is 11.6 Å². The van der Waals surface area contributed by atoms with Crippen LogP contribution in [0.15, 0.2) is 24.3 Å². The number of halogens is 2. The van der Waals surface area contributed by atoms with Crippen LogP contribution in [0.3, 0.4) is 0 Å². The Labute approximate surface area is 104 Å². The molecule has 0 unspecified atom stereocenters. The van der Waals surface area contributed by atoms with Gasteiger partial charge in [-0.25, -0.2) is 4.39 Å². The first-order chi connectivity index (χ1) is 8.06. The zero-order chi connectivity index (χ0) is 12.4. The first-order valence-electron chi connectivity index (χ1n) is 5.24. The third kappa shape index (κ3) is 2.77. The minimum Gasteiger partial charge on any atom is -0.377 e. The molecule has 0 aliphatic rings. The first kappa shape index (κ1) is 11.9. The summed E-state index contributed by atoms with van der Waals surface area (Å²) in [7, 11) is 1.86. The van der Waals surface area contributed by atoms with Gasteiger partial charge in [0.05, 0.1) is 23.6 Å². The van der Waals surface area contributed by atoms with Crippen LogP contribution in [-0.2, 0) is 13.6 Å². The molecule has 90 valence electrons. The summed E-state index contributed by atoms with van der Waals surface area (Å²) in [6, 6.07) is 6.39. The molecule has 1 aromatic heterocycles. The van der Waals surface area contributed by atoms with Gasteiger partial charge in [-0.2, -0.15) is 5.10 Å². The number of nitrogens with zero attached hydrogens (tertiary/aromatic N) is 2. The van der Waals surface area contributed by atoms with Crippen molar-refractivity contribution in [3.8, 4) is 0 Å². The number of nitrogens with one attached hydrogen (secondary N) is 1. The molecule has 17 heavy (non-hydrogen) atoms. The smallest absolute Gasteiger partial charge is 0.146 e. The molecule has 1 N–H and O–H groups in total. The predicted octanol–water partition coefficient (Wildman–Crippen LogP) is 3.13. The predicted molar refractivity (Wildman–Crippen MR) is 66.7 cm³/mol. The van der Waals surface area contributed by atoms with Gasteiger partial charge in [0.2, 0.25) is 0 Å². The summed E-state index contributed by atoms with van der Waals surface area (Å²) in [5.74, 6) is -0.312. The fourth-order valence-electron chi connectivity index (χ4n) is 1.65. The quantitative estimate of drug-likeness (QED) is 0.911. The van der Waals surface area contributed by atoms with Crippen LogP contribution in [0.4, 0.5) is 10.1 Å². The highest BCUT2D eigenvalue weighted by Crippen LogP contribution is 2.20. The van der Waals surface area contributed by atoms with Crippen molar-refractivity contribution in [1.82, 2.24) is 9.78 Å². The lowest BCUT2D eigenvalue weighted by Crippen LogP contribution is -2.06. The van der Waals surface area contributed by atoms with Crippen molar-refractivity contribution in [2.75, 3.05) is 5.32 Å². The van der Waals surface area contributed by atoms with Gasteiger partial charge < -0.3 is 5.32 Å². The van der Waals surface area contributed by atoms with Crippen LogP contribution in [0, 0.1) is 12.7 Å². The Morgan fingerprint density at radius 3 is 2.82 bits per heavy atom. The molecule has 0 fully saturated rings. The molecule has 0 radical (unpaired) electrons. The standard InChI is InChI=1S/C12H13ClFN3/c1-8-5-10(17(2)16-8)7-15-12-6-9(13)3-4-11(12)14/h3-6,15H,7H2,1-2H3. The molecule has 1 aromatic carbocycles. The van der Waals surface area contributed by atoms with E-state index in [-0.39, 0.29) is 5.82 Å². The van der Waals surface area contributed by atoms with Crippen molar-refractivity contribution in [3.63, 3.8) is 0 Å². The maximum Gasteiger partial charge on any atom is 0.146 e. The van der Waals surface area contributed by atoms with E-state index in [1.54, 1.807) is 10.7 Å². The molecule has 0 saturated carbocycles. The minimum atomic E-state index is -0.312. The summed E-state index contributed by atoms with van der Waals surface area (Å²) in [6.45, 7) is 2.43. The molecule has 2 rings (SSSR count). The zero-order valence-electron chi connectivity index (χ0n) is 9.67. The van der Waals surface area contributed by atoms with Gasteiger partial charge in [0.25, 0.3) is 0 Å². The summed E-state index contributed by atoms with van der Waals surface area (Å²) in [5, 5.41) is 7.73. The number of anilines is 1. The van der Waals surface area contributed by atoms with E-state index in [0.29, 0.717) is 17.3 Å². The summed E-state index contributed by atoms with van der Waals surface area (Å²) in [4.78, 5) is 0. The second-order valence-electron chi connectivity index (χ2n) is 3.88. The molecule has 0 aliphatic carbocycles. The zero-order valence-corrected chi connectivity index (χ0v) is 10.4. The molecular weight excluding hydrogens is 241 g/mol. The SMILES string of the molecule is Cc1cc(CNc2cc(Cl)ccc2F)n(C)n1. The number of hydrogen-bond donors (Lipinski definition) is 1. The highest BCUT2D eigenvalue weighted by molar-refractivity contribution is 6.30. The van der Waals surface area contributed by atoms with Crippen LogP contribution in [-0.4, -0.2) is 9.78 Å². The third-order valence-corrected chi connectivity index (χ3v) is 2.72. The number of aryl methyl sites for hydroxylation is 2. The Morgan fingerprint density at radius 2 is 2.18 bits per heavy atom. The van der Waals surface area contributed by atoms with Gasteiger partial charge in [0.1, 0.15) is 5.82 Å². The molecule has 0 atom stereocenters. The average Bonchev–Trinajstić information content (AvgIpc) is 2.59. The fourth-order valence-corrected chi connectivity index (χ4v) is 1.82. The van der Waals surface area contributed by atoms with Crippen molar-refractivity contribution in [1.29, 1.82) is 0 Å². The maximum absolute atomic E-state index is 13.4. The normalized spacial score (nSPS) is 10.6. The van der Waals surface area contributed by atoms with Gasteiger partial charge in [-0.05, 0) is 31.2 Å². The molecule has 0 amide bonds. The van der Waals surface area contributed by atoms with Gasteiger partial charge >= 0.3 is 0 Å². The molecule has 2 aromatic rings. The molecule has 0 saturated heterocycles. The van der Waals surface area contributed by atoms with Gasteiger partial charge in [-0.3, -0.25) is 4.68 Å². The van der Waals surface area contributed by atoms with Crippen LogP contribution < -0.4 is 5.32 Å². The number of benzene rings is 1. The van der Waals surface area contributed by atoms with E-state index in [1.807, 2.05) is 20.0 Å². The highest BCUT2D eigenvalue weighted by Gasteiger charge is 2.05. The van der Waals surface area contributed by atoms with E-state index in [4.69, 9.17) is 11.6 Å². The fraction of sp³-hybridized carbons (Fsp3) is 0.250. The number of aromatic nitrogens is 2. The lowest BCUT2D eigenvalue weighted by Gasteiger charge is -2.08. The van der Waals surface area contributed by atoms with E-state index in [1.165, 1.54) is 12.1 Å². The van der Waals surface area contributed by atoms with Crippen LogP contribution in [0.2, 0.25) is 5.02 Å².